The van der Waals surface area contributed by atoms with E-state index in [1.807, 2.05) is 30.6 Å². The van der Waals surface area contributed by atoms with Gasteiger partial charge in [-0.25, -0.2) is 0 Å². The molecule has 0 atom stereocenters. The number of aromatic amines is 1. The summed E-state index contributed by atoms with van der Waals surface area (Å²) in [6.07, 6.45) is 3.68. The maximum absolute atomic E-state index is 5.18. The molecule has 0 aliphatic heterocycles. The van der Waals surface area contributed by atoms with E-state index in [0.717, 1.165) is 16.9 Å². The van der Waals surface area contributed by atoms with Crippen molar-refractivity contribution in [3.8, 4) is 16.9 Å². The van der Waals surface area contributed by atoms with Crippen molar-refractivity contribution in [1.29, 1.82) is 0 Å². The van der Waals surface area contributed by atoms with Crippen LogP contribution in [0.2, 0.25) is 0 Å². The van der Waals surface area contributed by atoms with Gasteiger partial charge in [0, 0.05) is 11.8 Å². The molecule has 3 heteroatoms. The molecule has 0 bridgehead atoms. The highest BCUT2D eigenvalue weighted by atomic mass is 16.5. The van der Waals surface area contributed by atoms with Crippen molar-refractivity contribution in [2.45, 2.75) is 6.92 Å². The van der Waals surface area contributed by atoms with Crippen LogP contribution in [0, 0.1) is 6.92 Å². The lowest BCUT2D eigenvalue weighted by Crippen LogP contribution is -1.86. The van der Waals surface area contributed by atoms with E-state index >= 15 is 0 Å². The number of methoxy groups -OCH3 is 1. The van der Waals surface area contributed by atoms with Crippen LogP contribution in [-0.4, -0.2) is 17.3 Å². The molecule has 0 radical (unpaired) electrons. The van der Waals surface area contributed by atoms with Gasteiger partial charge < -0.3 is 4.74 Å². The predicted octanol–water partition coefficient (Wildman–Crippen LogP) is 2.39. The maximum atomic E-state index is 5.18. The molecule has 3 nitrogen and oxygen atoms in total. The Balaban J connectivity index is 2.51. The highest BCUT2D eigenvalue weighted by molar-refractivity contribution is 5.67. The van der Waals surface area contributed by atoms with Gasteiger partial charge in [-0.1, -0.05) is 6.07 Å². The van der Waals surface area contributed by atoms with Crippen LogP contribution in [0.1, 0.15) is 5.56 Å². The van der Waals surface area contributed by atoms with Gasteiger partial charge in [0.05, 0.1) is 13.3 Å². The SMILES string of the molecule is COc1ccc(C)c(-c2cn[nH]c2)c1. The summed E-state index contributed by atoms with van der Waals surface area (Å²) < 4.78 is 5.18. The molecule has 0 saturated carbocycles. The quantitative estimate of drug-likeness (QED) is 0.785. The van der Waals surface area contributed by atoms with Gasteiger partial charge in [-0.15, -0.1) is 0 Å². The predicted molar refractivity (Wildman–Crippen MR) is 55.3 cm³/mol. The molecular formula is C11H12N2O. The Hall–Kier alpha value is -1.77. The van der Waals surface area contributed by atoms with Gasteiger partial charge in [0.25, 0.3) is 0 Å². The molecular weight excluding hydrogens is 176 g/mol. The summed E-state index contributed by atoms with van der Waals surface area (Å²) in [5.41, 5.74) is 3.45. The molecule has 0 spiro atoms. The van der Waals surface area contributed by atoms with Crippen LogP contribution in [-0.2, 0) is 0 Å². The van der Waals surface area contributed by atoms with E-state index in [9.17, 15) is 0 Å². The van der Waals surface area contributed by atoms with Gasteiger partial charge in [-0.05, 0) is 30.2 Å². The summed E-state index contributed by atoms with van der Waals surface area (Å²) in [6, 6.07) is 6.01. The number of H-pyrrole nitrogens is 1. The van der Waals surface area contributed by atoms with Gasteiger partial charge in [0.1, 0.15) is 5.75 Å². The molecule has 0 aliphatic rings. The molecule has 0 aliphatic carbocycles. The lowest BCUT2D eigenvalue weighted by Gasteiger charge is -2.05. The summed E-state index contributed by atoms with van der Waals surface area (Å²) in [7, 11) is 1.67. The largest absolute Gasteiger partial charge is 0.497 e. The first kappa shape index (κ1) is 8.81. The van der Waals surface area contributed by atoms with Crippen LogP contribution >= 0.6 is 0 Å². The van der Waals surface area contributed by atoms with E-state index in [0.29, 0.717) is 0 Å². The second-order valence-electron chi connectivity index (χ2n) is 3.17. The van der Waals surface area contributed by atoms with Crippen molar-refractivity contribution in [1.82, 2.24) is 10.2 Å². The zero-order chi connectivity index (χ0) is 9.97. The average molecular weight is 188 g/mol. The Morgan fingerprint density at radius 1 is 1.36 bits per heavy atom. The minimum absolute atomic E-state index is 0.867. The summed E-state index contributed by atoms with van der Waals surface area (Å²) in [4.78, 5) is 0. The van der Waals surface area contributed by atoms with Crippen LogP contribution in [0.3, 0.4) is 0 Å². The third kappa shape index (κ3) is 1.48. The van der Waals surface area contributed by atoms with Crippen LogP contribution in [0.5, 0.6) is 5.75 Å². The van der Waals surface area contributed by atoms with Gasteiger partial charge in [0.2, 0.25) is 0 Å². The van der Waals surface area contributed by atoms with Crippen LogP contribution in [0.15, 0.2) is 30.6 Å². The Bertz CT molecular complexity index is 421. The molecule has 1 N–H and O–H groups in total. The molecule has 0 amide bonds. The first-order valence-corrected chi connectivity index (χ1v) is 4.45. The fourth-order valence-electron chi connectivity index (χ4n) is 1.44. The molecule has 0 unspecified atom stereocenters. The fraction of sp³-hybridized carbons (Fsp3) is 0.182. The van der Waals surface area contributed by atoms with Crippen LogP contribution in [0.25, 0.3) is 11.1 Å². The van der Waals surface area contributed by atoms with E-state index in [1.54, 1.807) is 7.11 Å². The zero-order valence-corrected chi connectivity index (χ0v) is 8.24. The molecule has 2 rings (SSSR count). The first-order valence-electron chi connectivity index (χ1n) is 4.45. The second-order valence-corrected chi connectivity index (χ2v) is 3.17. The van der Waals surface area contributed by atoms with E-state index in [4.69, 9.17) is 4.74 Å². The second kappa shape index (κ2) is 3.54. The molecule has 2 aromatic rings. The molecule has 1 aromatic carbocycles. The number of hydrogen-bond acceptors (Lipinski definition) is 2. The molecule has 1 heterocycles. The number of nitrogens with zero attached hydrogens (tertiary/aromatic N) is 1. The van der Waals surface area contributed by atoms with Crippen molar-refractivity contribution in [3.05, 3.63) is 36.2 Å². The van der Waals surface area contributed by atoms with Gasteiger partial charge in [0.15, 0.2) is 0 Å². The third-order valence-corrected chi connectivity index (χ3v) is 2.25. The van der Waals surface area contributed by atoms with E-state index < -0.39 is 0 Å². The Morgan fingerprint density at radius 2 is 2.21 bits per heavy atom. The summed E-state index contributed by atoms with van der Waals surface area (Å²) in [6.45, 7) is 2.07. The first-order chi connectivity index (χ1) is 6.81. The lowest BCUT2D eigenvalue weighted by molar-refractivity contribution is 0.415. The van der Waals surface area contributed by atoms with Gasteiger partial charge in [-0.2, -0.15) is 5.10 Å². The summed E-state index contributed by atoms with van der Waals surface area (Å²) >= 11 is 0. The molecule has 14 heavy (non-hydrogen) atoms. The normalized spacial score (nSPS) is 10.1. The Labute approximate surface area is 82.7 Å². The maximum Gasteiger partial charge on any atom is 0.119 e. The van der Waals surface area contributed by atoms with E-state index in [-0.39, 0.29) is 0 Å². The van der Waals surface area contributed by atoms with Gasteiger partial charge >= 0.3 is 0 Å². The van der Waals surface area contributed by atoms with Crippen molar-refractivity contribution < 1.29 is 4.74 Å². The van der Waals surface area contributed by atoms with Gasteiger partial charge in [-0.3, -0.25) is 5.10 Å². The summed E-state index contributed by atoms with van der Waals surface area (Å²) in [5, 5.41) is 6.73. The van der Waals surface area contributed by atoms with Crippen LogP contribution < -0.4 is 4.74 Å². The number of hydrogen-bond donors (Lipinski definition) is 1. The number of aromatic nitrogens is 2. The van der Waals surface area contributed by atoms with Crippen LogP contribution in [0.4, 0.5) is 0 Å². The van der Waals surface area contributed by atoms with E-state index in [1.165, 1.54) is 5.56 Å². The van der Waals surface area contributed by atoms with Crippen molar-refractivity contribution in [2.75, 3.05) is 7.11 Å². The Kier molecular flexibility index (Phi) is 2.23. The highest BCUT2D eigenvalue weighted by Crippen LogP contribution is 2.26. The molecule has 72 valence electrons. The number of rotatable bonds is 2. The standard InChI is InChI=1S/C11H12N2O/c1-8-3-4-10(14-2)5-11(8)9-6-12-13-7-9/h3-7H,1-2H3,(H,12,13). The van der Waals surface area contributed by atoms with Crippen molar-refractivity contribution >= 4 is 0 Å². The fourth-order valence-corrected chi connectivity index (χ4v) is 1.44. The topological polar surface area (TPSA) is 37.9 Å². The molecule has 0 fully saturated rings. The smallest absolute Gasteiger partial charge is 0.119 e. The van der Waals surface area contributed by atoms with Crippen molar-refractivity contribution in [3.63, 3.8) is 0 Å². The number of aryl methyl sites for hydroxylation is 1. The average Bonchev–Trinajstić information content (AvgIpc) is 2.71. The lowest BCUT2D eigenvalue weighted by atomic mass is 10.0. The minimum atomic E-state index is 0.867. The third-order valence-electron chi connectivity index (χ3n) is 2.25. The number of nitrogens with one attached hydrogen (secondary N) is 1. The highest BCUT2D eigenvalue weighted by Gasteiger charge is 2.04. The van der Waals surface area contributed by atoms with Crippen molar-refractivity contribution in [2.24, 2.45) is 0 Å². The Morgan fingerprint density at radius 3 is 2.86 bits per heavy atom. The van der Waals surface area contributed by atoms with E-state index in [2.05, 4.69) is 17.1 Å². The molecule has 1 aromatic heterocycles. The monoisotopic (exact) mass is 188 g/mol. The molecule has 0 saturated heterocycles. The zero-order valence-electron chi connectivity index (χ0n) is 8.24. The number of ether oxygens (including phenoxy) is 1. The minimum Gasteiger partial charge on any atom is -0.497 e. The summed E-state index contributed by atoms with van der Waals surface area (Å²) in [5.74, 6) is 0.867. The number of benzene rings is 1.